The molecular weight excluding hydrogens is 658 g/mol. The third-order valence-corrected chi connectivity index (χ3v) is 11.0. The number of nitrogens with zero attached hydrogens (tertiary/aromatic N) is 3. The number of ether oxygens (including phenoxy) is 2. The molecule has 2 aromatic rings. The smallest absolute Gasteiger partial charge is 0.313 e. The zero-order valence-electron chi connectivity index (χ0n) is 29.3. The molecule has 268 valence electrons. The molecule has 0 aromatic heterocycles. The maximum Gasteiger partial charge on any atom is 0.313 e. The number of aliphatic hydroxyl groups excluding tert-OH is 1. The average Bonchev–Trinajstić information content (AvgIpc) is 3.76. The molecule has 3 heterocycles. The van der Waals surface area contributed by atoms with Gasteiger partial charge in [-0.3, -0.25) is 19.2 Å². The number of anilines is 1. The van der Waals surface area contributed by atoms with E-state index in [4.69, 9.17) is 21.1 Å². The van der Waals surface area contributed by atoms with Crippen LogP contribution in [0.15, 0.2) is 73.8 Å². The molecule has 0 aliphatic carbocycles. The second kappa shape index (κ2) is 15.5. The van der Waals surface area contributed by atoms with E-state index in [0.717, 1.165) is 5.56 Å². The zero-order chi connectivity index (χ0) is 36.3. The standard InChI is InChI=1S/C39H48ClN3O7/c1-7-10-19-30(45)41(6)25(5)34(26-16-12-11-13-17-26)49-38(48)31-29-20-21-39(50-29)32(31)36(46)43(27(9-3)23-44)35(39)37(47)42(22-8-2)33-24(4)15-14-18-28(33)40/h7-8,11-18,25,27,29,31-32,34-35,44H,1-2,9-10,19-23H2,3-6H3/t25-,27-,29-,31+,32+,34+,35-,39+/m0/s1. The molecule has 0 saturated carbocycles. The Balaban J connectivity index is 1.53. The highest BCUT2D eigenvalue weighted by atomic mass is 35.5. The molecular formula is C39H48ClN3O7. The van der Waals surface area contributed by atoms with Crippen LogP contribution in [0, 0.1) is 18.8 Å². The average molecular weight is 706 g/mol. The fraction of sp³-hybridized carbons (Fsp3) is 0.487. The van der Waals surface area contributed by atoms with E-state index in [2.05, 4.69) is 13.2 Å². The number of aryl methyl sites for hydroxylation is 1. The van der Waals surface area contributed by atoms with Crippen LogP contribution in [0.4, 0.5) is 5.69 Å². The van der Waals surface area contributed by atoms with Crippen LogP contribution in [0.25, 0.3) is 0 Å². The third kappa shape index (κ3) is 6.49. The maximum absolute atomic E-state index is 14.9. The van der Waals surface area contributed by atoms with Crippen LogP contribution in [-0.4, -0.2) is 88.6 Å². The van der Waals surface area contributed by atoms with E-state index < -0.39 is 65.6 Å². The summed E-state index contributed by atoms with van der Waals surface area (Å²) in [5.41, 5.74) is 0.632. The van der Waals surface area contributed by atoms with Crippen molar-refractivity contribution in [2.24, 2.45) is 11.8 Å². The van der Waals surface area contributed by atoms with Gasteiger partial charge >= 0.3 is 5.97 Å². The fourth-order valence-corrected chi connectivity index (χ4v) is 8.43. The van der Waals surface area contributed by atoms with Crippen LogP contribution in [0.2, 0.25) is 5.02 Å². The van der Waals surface area contributed by atoms with E-state index >= 15 is 0 Å². The Hall–Kier alpha value is -3.99. The van der Waals surface area contributed by atoms with Gasteiger partial charge in [-0.25, -0.2) is 0 Å². The summed E-state index contributed by atoms with van der Waals surface area (Å²) in [5, 5.41) is 10.9. The number of allylic oxidation sites excluding steroid dienone is 1. The number of fused-ring (bicyclic) bond motifs is 1. The van der Waals surface area contributed by atoms with Gasteiger partial charge in [-0.05, 0) is 56.7 Å². The highest BCUT2D eigenvalue weighted by Crippen LogP contribution is 2.59. The van der Waals surface area contributed by atoms with Crippen molar-refractivity contribution in [1.82, 2.24) is 9.80 Å². The molecule has 1 N–H and O–H groups in total. The summed E-state index contributed by atoms with van der Waals surface area (Å²) >= 11 is 6.67. The topological polar surface area (TPSA) is 117 Å². The lowest BCUT2D eigenvalue weighted by molar-refractivity contribution is -0.165. The SMILES string of the molecule is C=CCCC(=O)N(C)[C@@H](C)[C@@H](OC(=O)[C@@H]1[C@@H]2CC[C@]3(O2)[C@H](C(=O)N(CC=C)c2c(C)cccc2Cl)N([C@@H](CC)CO)C(=O)[C@@H]13)c1ccccc1. The van der Waals surface area contributed by atoms with Crippen molar-refractivity contribution in [2.45, 2.75) is 88.8 Å². The number of benzene rings is 2. The largest absolute Gasteiger partial charge is 0.455 e. The number of likely N-dealkylation sites (tertiary alicyclic amines) is 1. The van der Waals surface area contributed by atoms with Crippen LogP contribution >= 0.6 is 11.6 Å². The van der Waals surface area contributed by atoms with Gasteiger partial charge in [-0.1, -0.05) is 73.1 Å². The van der Waals surface area contributed by atoms with Crippen LogP contribution < -0.4 is 4.90 Å². The number of hydrogen-bond acceptors (Lipinski definition) is 7. The van der Waals surface area contributed by atoms with Crippen molar-refractivity contribution in [3.05, 3.63) is 90.0 Å². The van der Waals surface area contributed by atoms with Crippen LogP contribution in [0.1, 0.15) is 63.2 Å². The first kappa shape index (κ1) is 37.3. The van der Waals surface area contributed by atoms with Gasteiger partial charge in [0.05, 0.1) is 47.3 Å². The number of hydrogen-bond donors (Lipinski definition) is 1. The number of para-hydroxylation sites is 1. The van der Waals surface area contributed by atoms with Crippen molar-refractivity contribution in [1.29, 1.82) is 0 Å². The molecule has 3 fully saturated rings. The van der Waals surface area contributed by atoms with Gasteiger partial charge in [0, 0.05) is 20.0 Å². The van der Waals surface area contributed by atoms with Crippen LogP contribution in [0.3, 0.4) is 0 Å². The lowest BCUT2D eigenvalue weighted by Gasteiger charge is -2.39. The number of rotatable bonds is 15. The first-order valence-electron chi connectivity index (χ1n) is 17.4. The highest BCUT2D eigenvalue weighted by Gasteiger charge is 2.75. The Bertz CT molecular complexity index is 1590. The summed E-state index contributed by atoms with van der Waals surface area (Å²) in [4.78, 5) is 61.6. The van der Waals surface area contributed by atoms with E-state index in [1.54, 1.807) is 36.2 Å². The normalized spacial score (nSPS) is 25.4. The van der Waals surface area contributed by atoms with Gasteiger partial charge in [0.1, 0.15) is 17.7 Å². The van der Waals surface area contributed by atoms with Crippen molar-refractivity contribution in [2.75, 3.05) is 25.1 Å². The summed E-state index contributed by atoms with van der Waals surface area (Å²) in [6.45, 7) is 12.8. The van der Waals surface area contributed by atoms with Crippen molar-refractivity contribution >= 4 is 41.0 Å². The Morgan fingerprint density at radius 2 is 1.88 bits per heavy atom. The Kier molecular flexibility index (Phi) is 11.5. The van der Waals surface area contributed by atoms with Crippen molar-refractivity contribution in [3.63, 3.8) is 0 Å². The summed E-state index contributed by atoms with van der Waals surface area (Å²) in [7, 11) is 1.68. The molecule has 3 aliphatic heterocycles. The molecule has 3 saturated heterocycles. The lowest BCUT2D eigenvalue weighted by Crippen LogP contribution is -2.59. The van der Waals surface area contributed by atoms with Crippen molar-refractivity contribution in [3.8, 4) is 0 Å². The maximum atomic E-state index is 14.9. The minimum absolute atomic E-state index is 0.114. The van der Waals surface area contributed by atoms with E-state index in [-0.39, 0.29) is 25.5 Å². The molecule has 8 atom stereocenters. The van der Waals surface area contributed by atoms with Crippen molar-refractivity contribution < 1.29 is 33.8 Å². The van der Waals surface area contributed by atoms with E-state index in [1.807, 2.05) is 57.2 Å². The summed E-state index contributed by atoms with van der Waals surface area (Å²) in [5.74, 6) is -3.61. The number of halogens is 1. The number of likely N-dealkylation sites (N-methyl/N-ethyl adjacent to an activating group) is 1. The molecule has 3 amide bonds. The van der Waals surface area contributed by atoms with Gasteiger partial charge in [0.2, 0.25) is 11.8 Å². The lowest BCUT2D eigenvalue weighted by atomic mass is 9.70. The minimum Gasteiger partial charge on any atom is -0.455 e. The van der Waals surface area contributed by atoms with Gasteiger partial charge in [-0.15, -0.1) is 13.2 Å². The second-order valence-corrected chi connectivity index (χ2v) is 13.9. The molecule has 0 unspecified atom stereocenters. The number of carbonyl (C=O) groups is 4. The van der Waals surface area contributed by atoms with Gasteiger partial charge in [0.15, 0.2) is 0 Å². The summed E-state index contributed by atoms with van der Waals surface area (Å²) < 4.78 is 13.0. The molecule has 50 heavy (non-hydrogen) atoms. The second-order valence-electron chi connectivity index (χ2n) is 13.5. The number of amides is 3. The van der Waals surface area contributed by atoms with E-state index in [9.17, 15) is 24.3 Å². The zero-order valence-corrected chi connectivity index (χ0v) is 30.1. The molecule has 10 nitrogen and oxygen atoms in total. The predicted molar refractivity (Wildman–Crippen MR) is 191 cm³/mol. The van der Waals surface area contributed by atoms with Crippen LogP contribution in [0.5, 0.6) is 0 Å². The van der Waals surface area contributed by atoms with Gasteiger partial charge in [-0.2, -0.15) is 0 Å². The molecule has 1 spiro atoms. The molecule has 3 aliphatic rings. The number of carbonyl (C=O) groups excluding carboxylic acids is 4. The first-order valence-corrected chi connectivity index (χ1v) is 17.7. The van der Waals surface area contributed by atoms with Crippen LogP contribution in [-0.2, 0) is 28.7 Å². The number of esters is 1. The Labute approximate surface area is 299 Å². The highest BCUT2D eigenvalue weighted by molar-refractivity contribution is 6.34. The monoisotopic (exact) mass is 705 g/mol. The Morgan fingerprint density at radius 1 is 1.16 bits per heavy atom. The molecule has 0 radical (unpaired) electrons. The molecule has 11 heteroatoms. The molecule has 5 rings (SSSR count). The first-order chi connectivity index (χ1) is 24.0. The van der Waals surface area contributed by atoms with Gasteiger partial charge < -0.3 is 29.3 Å². The minimum atomic E-state index is -1.33. The molecule has 2 bridgehead atoms. The predicted octanol–water partition coefficient (Wildman–Crippen LogP) is 5.41. The quantitative estimate of drug-likeness (QED) is 0.195. The molecule has 2 aromatic carbocycles. The van der Waals surface area contributed by atoms with E-state index in [1.165, 1.54) is 9.80 Å². The third-order valence-electron chi connectivity index (χ3n) is 10.7. The summed E-state index contributed by atoms with van der Waals surface area (Å²) in [6.07, 6.45) is 3.75. The van der Waals surface area contributed by atoms with Gasteiger partial charge in [0.25, 0.3) is 5.91 Å². The fourth-order valence-electron chi connectivity index (χ4n) is 8.10. The van der Waals surface area contributed by atoms with E-state index in [0.29, 0.717) is 42.0 Å². The Morgan fingerprint density at radius 3 is 2.50 bits per heavy atom. The summed E-state index contributed by atoms with van der Waals surface area (Å²) in [6, 6.07) is 12.2. The number of aliphatic hydroxyl groups is 1.